The second-order valence-corrected chi connectivity index (χ2v) is 5.24. The van der Waals surface area contributed by atoms with Gasteiger partial charge in [-0.1, -0.05) is 25.7 Å². The summed E-state index contributed by atoms with van der Waals surface area (Å²) >= 11 is 0. The van der Waals surface area contributed by atoms with Crippen molar-refractivity contribution in [1.82, 2.24) is 10.2 Å². The molecule has 0 atom stereocenters. The van der Waals surface area contributed by atoms with Gasteiger partial charge in [0.05, 0.1) is 6.54 Å². The molecule has 1 saturated heterocycles. The van der Waals surface area contributed by atoms with Crippen LogP contribution in [0.4, 0.5) is 0 Å². The fourth-order valence-electron chi connectivity index (χ4n) is 2.84. The van der Waals surface area contributed by atoms with Gasteiger partial charge in [0, 0.05) is 6.04 Å². The zero-order chi connectivity index (χ0) is 11.2. The van der Waals surface area contributed by atoms with E-state index in [1.807, 2.05) is 0 Å². The number of amides is 1. The van der Waals surface area contributed by atoms with Gasteiger partial charge >= 0.3 is 0 Å². The van der Waals surface area contributed by atoms with Gasteiger partial charge in [0.15, 0.2) is 0 Å². The van der Waals surface area contributed by atoms with Crippen LogP contribution < -0.4 is 5.32 Å². The Balaban J connectivity index is 1.68. The molecule has 0 aromatic heterocycles. The highest BCUT2D eigenvalue weighted by atomic mass is 16.2. The maximum absolute atomic E-state index is 11.8. The van der Waals surface area contributed by atoms with Gasteiger partial charge in [0.1, 0.15) is 0 Å². The van der Waals surface area contributed by atoms with Gasteiger partial charge in [0.2, 0.25) is 5.91 Å². The molecule has 0 aromatic rings. The largest absolute Gasteiger partial charge is 0.352 e. The topological polar surface area (TPSA) is 32.3 Å². The van der Waals surface area contributed by atoms with Crippen LogP contribution in [0.1, 0.15) is 51.4 Å². The van der Waals surface area contributed by atoms with Crippen LogP contribution in [0.15, 0.2) is 0 Å². The highest BCUT2D eigenvalue weighted by Crippen LogP contribution is 2.17. The standard InChI is InChI=1S/C13H24N2O/c16-13(14-12-7-3-4-8-12)11-15-9-5-1-2-6-10-15/h12H,1-11H2,(H,14,16). The van der Waals surface area contributed by atoms with Crippen molar-refractivity contribution in [3.05, 3.63) is 0 Å². The molecule has 1 amide bonds. The molecular formula is C13H24N2O. The zero-order valence-electron chi connectivity index (χ0n) is 10.2. The van der Waals surface area contributed by atoms with Gasteiger partial charge in [-0.3, -0.25) is 9.69 Å². The molecule has 0 spiro atoms. The lowest BCUT2D eigenvalue weighted by Crippen LogP contribution is -2.41. The van der Waals surface area contributed by atoms with E-state index in [1.165, 1.54) is 51.4 Å². The first-order valence-electron chi connectivity index (χ1n) is 6.86. The quantitative estimate of drug-likeness (QED) is 0.794. The average molecular weight is 224 g/mol. The summed E-state index contributed by atoms with van der Waals surface area (Å²) in [5.41, 5.74) is 0. The lowest BCUT2D eigenvalue weighted by Gasteiger charge is -2.20. The molecule has 1 heterocycles. The molecule has 92 valence electrons. The predicted molar refractivity (Wildman–Crippen MR) is 65.3 cm³/mol. The van der Waals surface area contributed by atoms with Crippen molar-refractivity contribution in [2.24, 2.45) is 0 Å². The van der Waals surface area contributed by atoms with Crippen molar-refractivity contribution in [1.29, 1.82) is 0 Å². The molecule has 3 nitrogen and oxygen atoms in total. The molecule has 0 bridgehead atoms. The van der Waals surface area contributed by atoms with E-state index in [-0.39, 0.29) is 5.91 Å². The van der Waals surface area contributed by atoms with Crippen LogP contribution in [0.3, 0.4) is 0 Å². The summed E-state index contributed by atoms with van der Waals surface area (Å²) in [7, 11) is 0. The number of carbonyl (C=O) groups excluding carboxylic acids is 1. The van der Waals surface area contributed by atoms with Gasteiger partial charge in [-0.15, -0.1) is 0 Å². The van der Waals surface area contributed by atoms with E-state index in [4.69, 9.17) is 0 Å². The third kappa shape index (κ3) is 3.78. The van der Waals surface area contributed by atoms with Crippen molar-refractivity contribution in [2.45, 2.75) is 57.4 Å². The van der Waals surface area contributed by atoms with Crippen LogP contribution in [0.5, 0.6) is 0 Å². The van der Waals surface area contributed by atoms with Crippen LogP contribution in [0.25, 0.3) is 0 Å². The molecule has 2 aliphatic rings. The third-order valence-electron chi connectivity index (χ3n) is 3.79. The minimum absolute atomic E-state index is 0.244. The minimum Gasteiger partial charge on any atom is -0.352 e. The number of hydrogen-bond donors (Lipinski definition) is 1. The van der Waals surface area contributed by atoms with Crippen LogP contribution in [-0.4, -0.2) is 36.5 Å². The Kier molecular flexibility index (Phi) is 4.64. The molecule has 2 fully saturated rings. The first-order valence-corrected chi connectivity index (χ1v) is 6.86. The molecule has 1 aliphatic heterocycles. The van der Waals surface area contributed by atoms with E-state index >= 15 is 0 Å². The molecule has 0 aromatic carbocycles. The van der Waals surface area contributed by atoms with Gasteiger partial charge in [-0.2, -0.15) is 0 Å². The highest BCUT2D eigenvalue weighted by Gasteiger charge is 2.19. The Bertz CT molecular complexity index is 216. The Labute approximate surface area is 98.6 Å². The summed E-state index contributed by atoms with van der Waals surface area (Å²) in [4.78, 5) is 14.1. The molecule has 0 radical (unpaired) electrons. The van der Waals surface area contributed by atoms with Crippen LogP contribution in [-0.2, 0) is 4.79 Å². The monoisotopic (exact) mass is 224 g/mol. The maximum atomic E-state index is 11.8. The molecule has 2 rings (SSSR count). The fourth-order valence-corrected chi connectivity index (χ4v) is 2.84. The normalized spacial score (nSPS) is 24.2. The Morgan fingerprint density at radius 1 is 1.00 bits per heavy atom. The van der Waals surface area contributed by atoms with Crippen molar-refractivity contribution in [2.75, 3.05) is 19.6 Å². The highest BCUT2D eigenvalue weighted by molar-refractivity contribution is 5.78. The molecular weight excluding hydrogens is 200 g/mol. The summed E-state index contributed by atoms with van der Waals surface area (Å²) in [6, 6.07) is 0.472. The van der Waals surface area contributed by atoms with Gasteiger partial charge in [0.25, 0.3) is 0 Å². The summed E-state index contributed by atoms with van der Waals surface area (Å²) in [6.45, 7) is 2.84. The second-order valence-electron chi connectivity index (χ2n) is 5.24. The molecule has 0 unspecified atom stereocenters. The van der Waals surface area contributed by atoms with Crippen LogP contribution in [0.2, 0.25) is 0 Å². The van der Waals surface area contributed by atoms with Gasteiger partial charge < -0.3 is 5.32 Å². The van der Waals surface area contributed by atoms with E-state index in [9.17, 15) is 4.79 Å². The van der Waals surface area contributed by atoms with E-state index in [0.29, 0.717) is 12.6 Å². The van der Waals surface area contributed by atoms with Crippen LogP contribution in [0, 0.1) is 0 Å². The predicted octanol–water partition coefficient (Wildman–Crippen LogP) is 1.92. The lowest BCUT2D eigenvalue weighted by atomic mass is 10.2. The van der Waals surface area contributed by atoms with Crippen molar-refractivity contribution < 1.29 is 4.79 Å². The molecule has 1 saturated carbocycles. The number of nitrogens with zero attached hydrogens (tertiary/aromatic N) is 1. The summed E-state index contributed by atoms with van der Waals surface area (Å²) in [5.74, 6) is 0.244. The minimum atomic E-state index is 0.244. The Morgan fingerprint density at radius 3 is 2.25 bits per heavy atom. The van der Waals surface area contributed by atoms with Crippen molar-refractivity contribution in [3.8, 4) is 0 Å². The number of carbonyl (C=O) groups is 1. The smallest absolute Gasteiger partial charge is 0.234 e. The fraction of sp³-hybridized carbons (Fsp3) is 0.923. The van der Waals surface area contributed by atoms with Crippen molar-refractivity contribution >= 4 is 5.91 Å². The first kappa shape index (κ1) is 11.9. The van der Waals surface area contributed by atoms with E-state index in [1.54, 1.807) is 0 Å². The van der Waals surface area contributed by atoms with Crippen LogP contribution >= 0.6 is 0 Å². The number of nitrogens with one attached hydrogen (secondary N) is 1. The summed E-state index contributed by atoms with van der Waals surface area (Å²) in [6.07, 6.45) is 10.1. The zero-order valence-corrected chi connectivity index (χ0v) is 10.2. The molecule has 1 aliphatic carbocycles. The Hall–Kier alpha value is -0.570. The number of likely N-dealkylation sites (tertiary alicyclic amines) is 1. The van der Waals surface area contributed by atoms with E-state index in [0.717, 1.165) is 13.1 Å². The van der Waals surface area contributed by atoms with Gasteiger partial charge in [-0.05, 0) is 38.8 Å². The third-order valence-corrected chi connectivity index (χ3v) is 3.79. The lowest BCUT2D eigenvalue weighted by molar-refractivity contribution is -0.122. The van der Waals surface area contributed by atoms with E-state index in [2.05, 4.69) is 10.2 Å². The second kappa shape index (κ2) is 6.24. The molecule has 1 N–H and O–H groups in total. The summed E-state index contributed by atoms with van der Waals surface area (Å²) in [5, 5.41) is 3.17. The SMILES string of the molecule is O=C(CN1CCCCCC1)NC1CCCC1. The first-order chi connectivity index (χ1) is 7.84. The summed E-state index contributed by atoms with van der Waals surface area (Å²) < 4.78 is 0. The van der Waals surface area contributed by atoms with E-state index < -0.39 is 0 Å². The maximum Gasteiger partial charge on any atom is 0.234 e. The average Bonchev–Trinajstić information content (AvgIpc) is 2.62. The number of rotatable bonds is 3. The number of hydrogen-bond acceptors (Lipinski definition) is 2. The Morgan fingerprint density at radius 2 is 1.62 bits per heavy atom. The molecule has 16 heavy (non-hydrogen) atoms. The van der Waals surface area contributed by atoms with Crippen molar-refractivity contribution in [3.63, 3.8) is 0 Å². The molecule has 3 heteroatoms. The van der Waals surface area contributed by atoms with Gasteiger partial charge in [-0.25, -0.2) is 0 Å².